The Bertz CT molecular complexity index is 1190. The number of hydrogen-bond acceptors (Lipinski definition) is 5. The zero-order chi connectivity index (χ0) is 23.1. The summed E-state index contributed by atoms with van der Waals surface area (Å²) in [7, 11) is 0. The minimum Gasteiger partial charge on any atom is -0.422 e. The van der Waals surface area contributed by atoms with Crippen LogP contribution >= 0.6 is 15.9 Å². The average molecular weight is 494 g/mol. The number of rotatable bonds is 5. The van der Waals surface area contributed by atoms with Crippen LogP contribution in [0.3, 0.4) is 0 Å². The van der Waals surface area contributed by atoms with Crippen LogP contribution in [0.1, 0.15) is 27.0 Å². The maximum Gasteiger partial charge on any atom is 0.343 e. The van der Waals surface area contributed by atoms with Gasteiger partial charge >= 0.3 is 17.8 Å². The molecule has 162 valence electrons. The Kier molecular flexibility index (Phi) is 7.51. The van der Waals surface area contributed by atoms with Crippen LogP contribution in [0.15, 0.2) is 76.3 Å². The molecule has 8 heteroatoms. The number of esters is 1. The number of hydrazone groups is 1. The highest BCUT2D eigenvalue weighted by molar-refractivity contribution is 9.10. The molecule has 0 aromatic heterocycles. The Morgan fingerprint density at radius 1 is 0.938 bits per heavy atom. The van der Waals surface area contributed by atoms with Crippen molar-refractivity contribution in [3.8, 4) is 5.75 Å². The molecule has 0 fully saturated rings. The molecule has 2 amide bonds. The van der Waals surface area contributed by atoms with Crippen LogP contribution in [-0.2, 0) is 9.59 Å². The molecule has 0 atom stereocenters. The lowest BCUT2D eigenvalue weighted by Gasteiger charge is -2.08. The molecule has 0 aliphatic carbocycles. The van der Waals surface area contributed by atoms with Crippen LogP contribution in [0.2, 0.25) is 0 Å². The minimum atomic E-state index is -0.933. The van der Waals surface area contributed by atoms with Gasteiger partial charge in [0.15, 0.2) is 0 Å². The lowest BCUT2D eigenvalue weighted by Crippen LogP contribution is -2.32. The fourth-order valence-electron chi connectivity index (χ4n) is 2.67. The number of amides is 2. The Balaban J connectivity index is 1.67. The molecule has 3 rings (SSSR count). The van der Waals surface area contributed by atoms with E-state index in [0.717, 1.165) is 15.6 Å². The number of benzene rings is 3. The Morgan fingerprint density at radius 2 is 1.66 bits per heavy atom. The highest BCUT2D eigenvalue weighted by Crippen LogP contribution is 2.23. The minimum absolute atomic E-state index is 0.251. The second-order valence-corrected chi connectivity index (χ2v) is 7.82. The van der Waals surface area contributed by atoms with Gasteiger partial charge in [-0.25, -0.2) is 10.2 Å². The predicted molar refractivity (Wildman–Crippen MR) is 126 cm³/mol. The first-order valence-corrected chi connectivity index (χ1v) is 10.4. The first-order chi connectivity index (χ1) is 15.3. The summed E-state index contributed by atoms with van der Waals surface area (Å²) < 4.78 is 6.20. The molecule has 7 nitrogen and oxygen atoms in total. The molecule has 0 spiro atoms. The maximum atomic E-state index is 12.4. The SMILES string of the molecule is Cc1ccc(C(=O)Oc2ccc(Br)cc2/C=N\NC(=O)C(=O)Nc2ccccc2C)cc1. The summed E-state index contributed by atoms with van der Waals surface area (Å²) in [6, 6.07) is 19.1. The summed E-state index contributed by atoms with van der Waals surface area (Å²) in [4.78, 5) is 36.6. The molecule has 2 N–H and O–H groups in total. The van der Waals surface area contributed by atoms with Crippen LogP contribution in [0.5, 0.6) is 5.75 Å². The third kappa shape index (κ3) is 6.12. The van der Waals surface area contributed by atoms with Crippen molar-refractivity contribution in [3.05, 3.63) is 93.5 Å². The molecular weight excluding hydrogens is 474 g/mol. The van der Waals surface area contributed by atoms with E-state index in [1.807, 2.05) is 38.1 Å². The van der Waals surface area contributed by atoms with Crippen molar-refractivity contribution in [3.63, 3.8) is 0 Å². The van der Waals surface area contributed by atoms with E-state index in [4.69, 9.17) is 4.74 Å². The number of nitrogens with zero attached hydrogens (tertiary/aromatic N) is 1. The largest absolute Gasteiger partial charge is 0.422 e. The molecule has 0 aliphatic heterocycles. The van der Waals surface area contributed by atoms with Gasteiger partial charge in [0.05, 0.1) is 11.8 Å². The van der Waals surface area contributed by atoms with Crippen molar-refractivity contribution in [2.75, 3.05) is 5.32 Å². The fraction of sp³-hybridized carbons (Fsp3) is 0.0833. The summed E-state index contributed by atoms with van der Waals surface area (Å²) in [5, 5.41) is 6.35. The van der Waals surface area contributed by atoms with Crippen molar-refractivity contribution in [2.45, 2.75) is 13.8 Å². The second-order valence-electron chi connectivity index (χ2n) is 6.91. The Morgan fingerprint density at radius 3 is 2.38 bits per heavy atom. The standard InChI is InChI=1S/C24H20BrN3O4/c1-15-7-9-17(10-8-15)24(31)32-21-12-11-19(25)13-18(21)14-26-28-23(30)22(29)27-20-6-4-3-5-16(20)2/h3-14H,1-2H3,(H,27,29)(H,28,30)/b26-14-. The van der Waals surface area contributed by atoms with Crippen LogP contribution < -0.4 is 15.5 Å². The summed E-state index contributed by atoms with van der Waals surface area (Å²) in [5.74, 6) is -2.06. The molecule has 0 radical (unpaired) electrons. The van der Waals surface area contributed by atoms with Gasteiger partial charge in [-0.15, -0.1) is 0 Å². The van der Waals surface area contributed by atoms with E-state index in [0.29, 0.717) is 16.8 Å². The van der Waals surface area contributed by atoms with E-state index in [9.17, 15) is 14.4 Å². The number of carbonyl (C=O) groups is 3. The van der Waals surface area contributed by atoms with Gasteiger partial charge in [0.25, 0.3) is 0 Å². The Hall–Kier alpha value is -3.78. The van der Waals surface area contributed by atoms with Crippen molar-refractivity contribution in [1.29, 1.82) is 0 Å². The van der Waals surface area contributed by atoms with Crippen LogP contribution in [0.4, 0.5) is 5.69 Å². The number of halogens is 1. The first-order valence-electron chi connectivity index (χ1n) is 9.62. The number of nitrogens with one attached hydrogen (secondary N) is 2. The molecule has 0 bridgehead atoms. The maximum absolute atomic E-state index is 12.4. The van der Waals surface area contributed by atoms with Gasteiger partial charge in [-0.05, 0) is 55.8 Å². The normalized spacial score (nSPS) is 10.6. The summed E-state index contributed by atoms with van der Waals surface area (Å²) in [6.07, 6.45) is 1.29. The lowest BCUT2D eigenvalue weighted by atomic mass is 10.1. The van der Waals surface area contributed by atoms with Crippen molar-refractivity contribution in [1.82, 2.24) is 5.43 Å². The van der Waals surface area contributed by atoms with E-state index in [1.54, 1.807) is 42.5 Å². The molecule has 0 unspecified atom stereocenters. The molecule has 0 saturated carbocycles. The predicted octanol–water partition coefficient (Wildman–Crippen LogP) is 4.37. The highest BCUT2D eigenvalue weighted by atomic mass is 79.9. The number of aryl methyl sites for hydroxylation is 2. The second kappa shape index (κ2) is 10.5. The summed E-state index contributed by atoms with van der Waals surface area (Å²) in [6.45, 7) is 3.74. The molecule has 3 aromatic carbocycles. The van der Waals surface area contributed by atoms with Gasteiger partial charge in [0.2, 0.25) is 0 Å². The average Bonchev–Trinajstić information content (AvgIpc) is 2.77. The lowest BCUT2D eigenvalue weighted by molar-refractivity contribution is -0.136. The van der Waals surface area contributed by atoms with E-state index < -0.39 is 17.8 Å². The van der Waals surface area contributed by atoms with Gasteiger partial charge < -0.3 is 10.1 Å². The van der Waals surface area contributed by atoms with Gasteiger partial charge in [0.1, 0.15) is 5.75 Å². The third-order valence-corrected chi connectivity index (χ3v) is 4.92. The number of para-hydroxylation sites is 1. The van der Waals surface area contributed by atoms with Gasteiger partial charge in [-0.1, -0.05) is 51.8 Å². The number of carbonyl (C=O) groups excluding carboxylic acids is 3. The number of hydrogen-bond donors (Lipinski definition) is 2. The molecule has 3 aromatic rings. The zero-order valence-corrected chi connectivity index (χ0v) is 19.0. The van der Waals surface area contributed by atoms with Crippen molar-refractivity contribution < 1.29 is 19.1 Å². The van der Waals surface area contributed by atoms with Gasteiger partial charge in [0, 0.05) is 15.7 Å². The highest BCUT2D eigenvalue weighted by Gasteiger charge is 2.14. The van der Waals surface area contributed by atoms with E-state index in [1.165, 1.54) is 6.21 Å². The van der Waals surface area contributed by atoms with E-state index in [2.05, 4.69) is 31.8 Å². The number of ether oxygens (including phenoxy) is 1. The van der Waals surface area contributed by atoms with Crippen LogP contribution in [0.25, 0.3) is 0 Å². The molecule has 32 heavy (non-hydrogen) atoms. The monoisotopic (exact) mass is 493 g/mol. The van der Waals surface area contributed by atoms with Crippen LogP contribution in [-0.4, -0.2) is 24.0 Å². The summed E-state index contributed by atoms with van der Waals surface area (Å²) >= 11 is 3.35. The van der Waals surface area contributed by atoms with E-state index in [-0.39, 0.29) is 5.75 Å². The van der Waals surface area contributed by atoms with Crippen molar-refractivity contribution in [2.24, 2.45) is 5.10 Å². The summed E-state index contributed by atoms with van der Waals surface area (Å²) in [5.41, 5.74) is 5.40. The van der Waals surface area contributed by atoms with E-state index >= 15 is 0 Å². The third-order valence-electron chi connectivity index (χ3n) is 4.43. The van der Waals surface area contributed by atoms with Gasteiger partial charge in [-0.3, -0.25) is 9.59 Å². The number of anilines is 1. The topological polar surface area (TPSA) is 96.9 Å². The molecule has 0 saturated heterocycles. The van der Waals surface area contributed by atoms with Gasteiger partial charge in [-0.2, -0.15) is 5.10 Å². The fourth-order valence-corrected chi connectivity index (χ4v) is 3.04. The smallest absolute Gasteiger partial charge is 0.343 e. The quantitative estimate of drug-likeness (QED) is 0.181. The molecule has 0 heterocycles. The molecular formula is C24H20BrN3O4. The van der Waals surface area contributed by atoms with Crippen LogP contribution in [0, 0.1) is 13.8 Å². The Labute approximate surface area is 193 Å². The zero-order valence-electron chi connectivity index (χ0n) is 17.4. The first kappa shape index (κ1) is 22.9. The molecule has 0 aliphatic rings. The van der Waals surface area contributed by atoms with Crippen molar-refractivity contribution >= 4 is 45.6 Å².